The Labute approximate surface area is 227 Å². The Morgan fingerprint density at radius 1 is 0.448 bits per heavy atom. The van der Waals surface area contributed by atoms with E-state index in [9.17, 15) is 4.89 Å². The van der Waals surface area contributed by atoms with Crippen LogP contribution in [0.15, 0.2) is 0 Å². The van der Waals surface area contributed by atoms with Gasteiger partial charge in [0.2, 0.25) is 0 Å². The second-order valence-electron chi connectivity index (χ2n) is 8.25. The van der Waals surface area contributed by atoms with Gasteiger partial charge in [0.15, 0.2) is 0 Å². The molecule has 170 valence electrons. The molecule has 0 atom stereocenters. The Hall–Kier alpha value is 1.95. The minimum absolute atomic E-state index is 0. The molecular formula is C24H50KO3P. The molecule has 5 heteroatoms. The van der Waals surface area contributed by atoms with Crippen LogP contribution in [0.3, 0.4) is 0 Å². The van der Waals surface area contributed by atoms with Gasteiger partial charge in [0.25, 0.3) is 0 Å². The van der Waals surface area contributed by atoms with E-state index < -0.39 is 8.60 Å². The van der Waals surface area contributed by atoms with Crippen LogP contribution in [0.1, 0.15) is 142 Å². The molecule has 0 heterocycles. The van der Waals surface area contributed by atoms with Crippen LogP contribution in [0.2, 0.25) is 0 Å². The second-order valence-corrected chi connectivity index (χ2v) is 9.22. The number of unbranched alkanes of at least 4 members (excludes halogenated alkanes) is 18. The minimum Gasteiger partial charge on any atom is -0.786 e. The third kappa shape index (κ3) is 29.9. The van der Waals surface area contributed by atoms with Crippen LogP contribution in [0.4, 0.5) is 0 Å². The maximum Gasteiger partial charge on any atom is 1.00 e. The van der Waals surface area contributed by atoms with Crippen LogP contribution in [-0.4, -0.2) is 13.2 Å². The number of hydrogen-bond acceptors (Lipinski definition) is 3. The van der Waals surface area contributed by atoms with Gasteiger partial charge in [0.05, 0.1) is 21.8 Å². The van der Waals surface area contributed by atoms with Gasteiger partial charge in [-0.1, -0.05) is 129 Å². The fourth-order valence-corrected chi connectivity index (χ4v) is 4.13. The summed E-state index contributed by atoms with van der Waals surface area (Å²) in [5, 5.41) is 0. The minimum atomic E-state index is -1.90. The van der Waals surface area contributed by atoms with E-state index in [4.69, 9.17) is 9.05 Å². The Bertz CT molecular complexity index is 257. The molecule has 0 radical (unpaired) electrons. The zero-order chi connectivity index (χ0) is 20.5. The fourth-order valence-electron chi connectivity index (χ4n) is 3.49. The standard InChI is InChI=1S/C24H50O3P.K/c1-3-5-7-9-11-13-15-17-19-21-23-26-28(25)27-24-22-20-18-16-14-12-10-8-6-4-2;/h3-24H2,1-2H3;/q-1;+1. The first-order valence-electron chi connectivity index (χ1n) is 12.5. The van der Waals surface area contributed by atoms with Crippen LogP contribution < -0.4 is 56.3 Å². The molecule has 0 saturated heterocycles. The van der Waals surface area contributed by atoms with Crippen molar-refractivity contribution in [2.45, 2.75) is 142 Å². The Morgan fingerprint density at radius 2 is 0.690 bits per heavy atom. The molecule has 0 aliphatic heterocycles. The second kappa shape index (κ2) is 29.9. The summed E-state index contributed by atoms with van der Waals surface area (Å²) in [6, 6.07) is 0. The summed E-state index contributed by atoms with van der Waals surface area (Å²) in [6.07, 6.45) is 26.1. The molecule has 0 aliphatic carbocycles. The Kier molecular flexibility index (Phi) is 34.2. The van der Waals surface area contributed by atoms with Gasteiger partial charge < -0.3 is 13.9 Å². The van der Waals surface area contributed by atoms with Crippen molar-refractivity contribution in [3.63, 3.8) is 0 Å². The van der Waals surface area contributed by atoms with E-state index >= 15 is 0 Å². The maximum absolute atomic E-state index is 11.7. The zero-order valence-electron chi connectivity index (χ0n) is 20.2. The van der Waals surface area contributed by atoms with Gasteiger partial charge in [-0.2, -0.15) is 0 Å². The van der Waals surface area contributed by atoms with Gasteiger partial charge in [-0.3, -0.25) is 0 Å². The molecule has 29 heavy (non-hydrogen) atoms. The molecule has 0 fully saturated rings. The number of rotatable bonds is 24. The van der Waals surface area contributed by atoms with Gasteiger partial charge in [-0.05, 0) is 12.8 Å². The molecule has 0 saturated carbocycles. The molecule has 3 nitrogen and oxygen atoms in total. The normalized spacial score (nSPS) is 11.2. The first-order valence-corrected chi connectivity index (χ1v) is 13.6. The van der Waals surface area contributed by atoms with E-state index in [2.05, 4.69) is 13.8 Å². The molecule has 0 aromatic carbocycles. The summed E-state index contributed by atoms with van der Waals surface area (Å²) in [4.78, 5) is 11.7. The Morgan fingerprint density at radius 3 is 0.966 bits per heavy atom. The van der Waals surface area contributed by atoms with Crippen LogP contribution >= 0.6 is 8.60 Å². The van der Waals surface area contributed by atoms with Gasteiger partial charge in [-0.15, -0.1) is 0 Å². The molecule has 0 aromatic rings. The summed E-state index contributed by atoms with van der Waals surface area (Å²) in [7, 11) is -1.90. The molecule has 0 aliphatic rings. The third-order valence-corrected chi connectivity index (χ3v) is 6.18. The molecule has 0 unspecified atom stereocenters. The van der Waals surface area contributed by atoms with E-state index in [0.29, 0.717) is 13.2 Å². The molecule has 0 rings (SSSR count). The van der Waals surface area contributed by atoms with E-state index in [0.717, 1.165) is 12.8 Å². The van der Waals surface area contributed by atoms with E-state index in [1.54, 1.807) is 0 Å². The molecule has 0 aromatic heterocycles. The van der Waals surface area contributed by atoms with Gasteiger partial charge in [0.1, 0.15) is 0 Å². The monoisotopic (exact) mass is 456 g/mol. The zero-order valence-corrected chi connectivity index (χ0v) is 24.2. The van der Waals surface area contributed by atoms with Crippen LogP contribution in [0.25, 0.3) is 0 Å². The fraction of sp³-hybridized carbons (Fsp3) is 1.00. The summed E-state index contributed by atoms with van der Waals surface area (Å²) in [5.74, 6) is 0. The first-order chi connectivity index (χ1) is 13.8. The summed E-state index contributed by atoms with van der Waals surface area (Å²) >= 11 is 0. The first kappa shape index (κ1) is 33.1. The van der Waals surface area contributed by atoms with E-state index in [1.165, 1.54) is 116 Å². The van der Waals surface area contributed by atoms with Crippen molar-refractivity contribution in [2.24, 2.45) is 0 Å². The van der Waals surface area contributed by atoms with Crippen molar-refractivity contribution in [2.75, 3.05) is 13.2 Å². The van der Waals surface area contributed by atoms with E-state index in [1.807, 2.05) is 0 Å². The van der Waals surface area contributed by atoms with Crippen molar-refractivity contribution >= 4 is 8.60 Å². The SMILES string of the molecule is CCCCCCCCCCCCOP([O-])OCCCCCCCCCCCC.[K+]. The van der Waals surface area contributed by atoms with E-state index in [-0.39, 0.29) is 51.4 Å². The third-order valence-electron chi connectivity index (χ3n) is 5.39. The predicted molar refractivity (Wildman–Crippen MR) is 123 cm³/mol. The van der Waals surface area contributed by atoms with Crippen LogP contribution in [0.5, 0.6) is 0 Å². The molecule has 0 bridgehead atoms. The van der Waals surface area contributed by atoms with Crippen LogP contribution in [0, 0.1) is 0 Å². The average molecular weight is 457 g/mol. The van der Waals surface area contributed by atoms with Crippen molar-refractivity contribution in [1.82, 2.24) is 0 Å². The van der Waals surface area contributed by atoms with Crippen molar-refractivity contribution in [3.05, 3.63) is 0 Å². The van der Waals surface area contributed by atoms with Gasteiger partial charge in [0, 0.05) is 0 Å². The number of hydrogen-bond donors (Lipinski definition) is 0. The van der Waals surface area contributed by atoms with Crippen molar-refractivity contribution in [3.8, 4) is 0 Å². The van der Waals surface area contributed by atoms with Gasteiger partial charge >= 0.3 is 51.4 Å². The summed E-state index contributed by atoms with van der Waals surface area (Å²) < 4.78 is 10.6. The summed E-state index contributed by atoms with van der Waals surface area (Å²) in [6.45, 7) is 5.67. The molecule has 0 amide bonds. The summed E-state index contributed by atoms with van der Waals surface area (Å²) in [5.41, 5.74) is 0. The largest absolute Gasteiger partial charge is 1.00 e. The average Bonchev–Trinajstić information content (AvgIpc) is 2.70. The van der Waals surface area contributed by atoms with Crippen molar-refractivity contribution in [1.29, 1.82) is 0 Å². The quantitative estimate of drug-likeness (QED) is 0.110. The molecule has 0 spiro atoms. The smallest absolute Gasteiger partial charge is 0.786 e. The topological polar surface area (TPSA) is 41.5 Å². The van der Waals surface area contributed by atoms with Crippen molar-refractivity contribution < 1.29 is 65.3 Å². The maximum atomic E-state index is 11.7. The predicted octanol–water partition coefficient (Wildman–Crippen LogP) is 5.45. The van der Waals surface area contributed by atoms with Gasteiger partial charge in [-0.25, -0.2) is 0 Å². The molecule has 0 N–H and O–H groups in total. The Balaban J connectivity index is 0. The molecular weight excluding hydrogens is 406 g/mol. The van der Waals surface area contributed by atoms with Crippen LogP contribution in [-0.2, 0) is 9.05 Å².